The van der Waals surface area contributed by atoms with Crippen LogP contribution < -0.4 is 20.7 Å². The fraction of sp³-hybridized carbons (Fsp3) is 0.300. The maximum Gasteiger partial charge on any atom is 0.251 e. The van der Waals surface area contributed by atoms with E-state index in [-0.39, 0.29) is 18.4 Å². The van der Waals surface area contributed by atoms with Gasteiger partial charge in [0.1, 0.15) is 5.75 Å². The van der Waals surface area contributed by atoms with Crippen molar-refractivity contribution in [1.82, 2.24) is 5.32 Å². The van der Waals surface area contributed by atoms with E-state index < -0.39 is 0 Å². The van der Waals surface area contributed by atoms with E-state index in [1.807, 2.05) is 32.0 Å². The fourth-order valence-corrected chi connectivity index (χ4v) is 2.30. The Kier molecular flexibility index (Phi) is 7.49. The van der Waals surface area contributed by atoms with E-state index in [9.17, 15) is 9.59 Å². The molecule has 2 aromatic carbocycles. The number of anilines is 2. The van der Waals surface area contributed by atoms with Gasteiger partial charge in [-0.15, -0.1) is 0 Å². The Labute approximate surface area is 153 Å². The van der Waals surface area contributed by atoms with E-state index in [0.717, 1.165) is 17.9 Å². The van der Waals surface area contributed by atoms with Gasteiger partial charge in [0.05, 0.1) is 13.2 Å². The predicted molar refractivity (Wildman–Crippen MR) is 104 cm³/mol. The first-order valence-electron chi connectivity index (χ1n) is 8.77. The van der Waals surface area contributed by atoms with Gasteiger partial charge in [0, 0.05) is 23.5 Å². The van der Waals surface area contributed by atoms with Crippen molar-refractivity contribution in [2.75, 3.05) is 30.3 Å². The topological polar surface area (TPSA) is 79.5 Å². The first kappa shape index (κ1) is 19.3. The Balaban J connectivity index is 1.85. The van der Waals surface area contributed by atoms with E-state index in [2.05, 4.69) is 16.0 Å². The monoisotopic (exact) mass is 355 g/mol. The van der Waals surface area contributed by atoms with E-state index in [1.54, 1.807) is 30.3 Å². The SMILES string of the molecule is CCCNC(=O)c1cccc(NCC(=O)Nc2ccc(OCC)cc2)c1. The van der Waals surface area contributed by atoms with E-state index in [1.165, 1.54) is 0 Å². The molecular weight excluding hydrogens is 330 g/mol. The summed E-state index contributed by atoms with van der Waals surface area (Å²) in [5, 5.41) is 8.67. The van der Waals surface area contributed by atoms with Crippen LogP contribution in [0.5, 0.6) is 5.75 Å². The molecule has 6 heteroatoms. The van der Waals surface area contributed by atoms with Gasteiger partial charge in [0.2, 0.25) is 5.91 Å². The number of ether oxygens (including phenoxy) is 1. The summed E-state index contributed by atoms with van der Waals surface area (Å²) in [6, 6.07) is 14.3. The van der Waals surface area contributed by atoms with Crippen LogP contribution in [0.1, 0.15) is 30.6 Å². The Hall–Kier alpha value is -3.02. The fourth-order valence-electron chi connectivity index (χ4n) is 2.30. The van der Waals surface area contributed by atoms with Crippen molar-refractivity contribution in [3.8, 4) is 5.75 Å². The summed E-state index contributed by atoms with van der Waals surface area (Å²) in [6.45, 7) is 5.27. The van der Waals surface area contributed by atoms with Gasteiger partial charge < -0.3 is 20.7 Å². The maximum atomic E-state index is 12.1. The van der Waals surface area contributed by atoms with Gasteiger partial charge in [-0.3, -0.25) is 9.59 Å². The summed E-state index contributed by atoms with van der Waals surface area (Å²) < 4.78 is 5.37. The minimum absolute atomic E-state index is 0.104. The quantitative estimate of drug-likeness (QED) is 0.645. The van der Waals surface area contributed by atoms with Crippen molar-refractivity contribution in [2.45, 2.75) is 20.3 Å². The van der Waals surface area contributed by atoms with Crippen LogP contribution in [0.25, 0.3) is 0 Å². The van der Waals surface area contributed by atoms with Crippen molar-refractivity contribution >= 4 is 23.2 Å². The number of carbonyl (C=O) groups excluding carboxylic acids is 2. The number of rotatable bonds is 9. The van der Waals surface area contributed by atoms with Gasteiger partial charge in [-0.2, -0.15) is 0 Å². The zero-order valence-electron chi connectivity index (χ0n) is 15.2. The van der Waals surface area contributed by atoms with Crippen LogP contribution in [0.4, 0.5) is 11.4 Å². The van der Waals surface area contributed by atoms with E-state index >= 15 is 0 Å². The van der Waals surface area contributed by atoms with Crippen molar-refractivity contribution in [1.29, 1.82) is 0 Å². The highest BCUT2D eigenvalue weighted by molar-refractivity contribution is 5.96. The van der Waals surface area contributed by atoms with Crippen LogP contribution in [-0.4, -0.2) is 31.5 Å². The lowest BCUT2D eigenvalue weighted by molar-refractivity contribution is -0.114. The molecule has 0 saturated heterocycles. The predicted octanol–water partition coefficient (Wildman–Crippen LogP) is 3.28. The Morgan fingerprint density at radius 2 is 1.77 bits per heavy atom. The normalized spacial score (nSPS) is 10.1. The number of hydrogen-bond donors (Lipinski definition) is 3. The third-order valence-corrected chi connectivity index (χ3v) is 3.56. The molecule has 0 unspecified atom stereocenters. The average Bonchev–Trinajstić information content (AvgIpc) is 2.66. The molecule has 0 aromatic heterocycles. The van der Waals surface area contributed by atoms with Gasteiger partial charge in [-0.25, -0.2) is 0 Å². The smallest absolute Gasteiger partial charge is 0.251 e. The summed E-state index contributed by atoms with van der Waals surface area (Å²) in [5.41, 5.74) is 1.99. The first-order chi connectivity index (χ1) is 12.6. The lowest BCUT2D eigenvalue weighted by Gasteiger charge is -2.10. The van der Waals surface area contributed by atoms with Gasteiger partial charge >= 0.3 is 0 Å². The minimum Gasteiger partial charge on any atom is -0.494 e. The third-order valence-electron chi connectivity index (χ3n) is 3.56. The largest absolute Gasteiger partial charge is 0.494 e. The highest BCUT2D eigenvalue weighted by Crippen LogP contribution is 2.15. The summed E-state index contributed by atoms with van der Waals surface area (Å²) in [6.07, 6.45) is 0.884. The van der Waals surface area contributed by atoms with Gasteiger partial charge in [-0.1, -0.05) is 13.0 Å². The molecule has 2 rings (SSSR count). The average molecular weight is 355 g/mol. The molecule has 0 saturated carbocycles. The second kappa shape index (κ2) is 10.1. The minimum atomic E-state index is -0.171. The Bertz CT molecular complexity index is 729. The molecule has 0 radical (unpaired) electrons. The Morgan fingerprint density at radius 3 is 2.46 bits per heavy atom. The summed E-state index contributed by atoms with van der Waals surface area (Å²) in [4.78, 5) is 24.1. The molecule has 0 aliphatic carbocycles. The maximum absolute atomic E-state index is 12.1. The lowest BCUT2D eigenvalue weighted by atomic mass is 10.2. The van der Waals surface area contributed by atoms with Gasteiger partial charge in [0.25, 0.3) is 5.91 Å². The van der Waals surface area contributed by atoms with Gasteiger partial charge in [-0.05, 0) is 55.8 Å². The number of benzene rings is 2. The molecule has 0 atom stereocenters. The molecule has 6 nitrogen and oxygen atoms in total. The van der Waals surface area contributed by atoms with Crippen molar-refractivity contribution < 1.29 is 14.3 Å². The number of hydrogen-bond acceptors (Lipinski definition) is 4. The summed E-state index contributed by atoms with van der Waals surface area (Å²) in [5.74, 6) is 0.478. The zero-order valence-corrected chi connectivity index (χ0v) is 15.2. The number of carbonyl (C=O) groups is 2. The summed E-state index contributed by atoms with van der Waals surface area (Å²) in [7, 11) is 0. The second-order valence-electron chi connectivity index (χ2n) is 5.70. The standard InChI is InChI=1S/C20H25N3O3/c1-3-12-21-20(25)15-6-5-7-17(13-15)22-14-19(24)23-16-8-10-18(11-9-16)26-4-2/h5-11,13,22H,3-4,12,14H2,1-2H3,(H,21,25)(H,23,24). The van der Waals surface area contributed by atoms with Crippen LogP contribution >= 0.6 is 0 Å². The highest BCUT2D eigenvalue weighted by atomic mass is 16.5. The van der Waals surface area contributed by atoms with Crippen LogP contribution in [0, 0.1) is 0 Å². The summed E-state index contributed by atoms with van der Waals surface area (Å²) >= 11 is 0. The van der Waals surface area contributed by atoms with Crippen LogP contribution in [-0.2, 0) is 4.79 Å². The molecule has 0 fully saturated rings. The zero-order chi connectivity index (χ0) is 18.8. The highest BCUT2D eigenvalue weighted by Gasteiger charge is 2.07. The van der Waals surface area contributed by atoms with Crippen LogP contribution in [0.3, 0.4) is 0 Å². The number of amides is 2. The lowest BCUT2D eigenvalue weighted by Crippen LogP contribution is -2.24. The molecule has 138 valence electrons. The molecule has 0 heterocycles. The second-order valence-corrected chi connectivity index (χ2v) is 5.70. The molecule has 2 aromatic rings. The molecule has 26 heavy (non-hydrogen) atoms. The van der Waals surface area contributed by atoms with Crippen LogP contribution in [0.15, 0.2) is 48.5 Å². The molecule has 0 spiro atoms. The van der Waals surface area contributed by atoms with Gasteiger partial charge in [0.15, 0.2) is 0 Å². The third kappa shape index (κ3) is 6.12. The molecule has 3 N–H and O–H groups in total. The molecule has 0 aliphatic rings. The van der Waals surface area contributed by atoms with Crippen molar-refractivity contribution in [3.63, 3.8) is 0 Å². The molecular formula is C20H25N3O3. The van der Waals surface area contributed by atoms with E-state index in [4.69, 9.17) is 4.74 Å². The first-order valence-corrected chi connectivity index (χ1v) is 8.77. The van der Waals surface area contributed by atoms with E-state index in [0.29, 0.717) is 24.4 Å². The molecule has 0 bridgehead atoms. The van der Waals surface area contributed by atoms with Crippen LogP contribution in [0.2, 0.25) is 0 Å². The molecule has 0 aliphatic heterocycles. The van der Waals surface area contributed by atoms with Crippen molar-refractivity contribution in [2.24, 2.45) is 0 Å². The number of nitrogens with one attached hydrogen (secondary N) is 3. The van der Waals surface area contributed by atoms with Crippen molar-refractivity contribution in [3.05, 3.63) is 54.1 Å². The molecule has 2 amide bonds. The Morgan fingerprint density at radius 1 is 1.00 bits per heavy atom.